The first-order valence-corrected chi connectivity index (χ1v) is 13.3. The van der Waals surface area contributed by atoms with E-state index in [1.807, 2.05) is 42.2 Å². The molecule has 2 N–H and O–H groups in total. The molecule has 6 heteroatoms. The average molecular weight is 511 g/mol. The summed E-state index contributed by atoms with van der Waals surface area (Å²) in [7, 11) is 0. The lowest BCUT2D eigenvalue weighted by Gasteiger charge is -2.27. The third kappa shape index (κ3) is 9.49. The van der Waals surface area contributed by atoms with Gasteiger partial charge in [-0.05, 0) is 60.6 Å². The molecule has 0 aliphatic carbocycles. The fraction of sp³-hybridized carbons (Fsp3) is 0.344. The summed E-state index contributed by atoms with van der Waals surface area (Å²) >= 11 is 0. The van der Waals surface area contributed by atoms with E-state index < -0.39 is 0 Å². The number of aryl methyl sites for hydroxylation is 2. The smallest absolute Gasteiger partial charge is 0.222 e. The number of hydrogen-bond donors (Lipinski definition) is 2. The molecule has 0 spiro atoms. The highest BCUT2D eigenvalue weighted by molar-refractivity contribution is 5.76. The minimum absolute atomic E-state index is 0.00183. The van der Waals surface area contributed by atoms with Gasteiger partial charge in [-0.2, -0.15) is 5.26 Å². The Balaban J connectivity index is 0.000000375. The van der Waals surface area contributed by atoms with Gasteiger partial charge in [-0.15, -0.1) is 0 Å². The van der Waals surface area contributed by atoms with Crippen LogP contribution in [-0.2, 0) is 28.9 Å². The van der Waals surface area contributed by atoms with Crippen molar-refractivity contribution in [2.24, 2.45) is 0 Å². The molecule has 1 aliphatic heterocycles. The zero-order valence-electron chi connectivity index (χ0n) is 22.5. The van der Waals surface area contributed by atoms with Crippen LogP contribution in [0, 0.1) is 18.3 Å². The van der Waals surface area contributed by atoms with Gasteiger partial charge in [-0.1, -0.05) is 66.2 Å². The normalized spacial score (nSPS) is 12.6. The number of piperazine rings is 1. The predicted octanol–water partition coefficient (Wildman–Crippen LogP) is 4.19. The predicted molar refractivity (Wildman–Crippen MR) is 152 cm³/mol. The molecule has 3 aromatic rings. The molecule has 0 saturated carbocycles. The number of benzene rings is 3. The van der Waals surface area contributed by atoms with Crippen LogP contribution in [0.4, 0.5) is 0 Å². The zero-order chi connectivity index (χ0) is 27.2. The molecule has 0 atom stereocenters. The summed E-state index contributed by atoms with van der Waals surface area (Å²) in [4.78, 5) is 25.7. The Hall–Kier alpha value is -3.95. The van der Waals surface area contributed by atoms with Crippen molar-refractivity contribution in [3.8, 4) is 6.07 Å². The van der Waals surface area contributed by atoms with Gasteiger partial charge in [0.25, 0.3) is 0 Å². The van der Waals surface area contributed by atoms with Gasteiger partial charge in [0.15, 0.2) is 0 Å². The van der Waals surface area contributed by atoms with Crippen LogP contribution >= 0.6 is 0 Å². The van der Waals surface area contributed by atoms with E-state index in [1.54, 1.807) is 6.92 Å². The Labute approximate surface area is 226 Å². The standard InChI is InChI=1S/C24H31N3O2.C8H7N/c1-19(28)26-13-12-21-7-3-5-9-23(21)18-22-8-4-2-6-20(22)10-11-24(29)27-16-14-25-15-17-27;1-7-2-4-8(6-9)5-3-7/h2-9,25H,10-18H2,1H3,(H,26,28);2-5H,1H3. The molecule has 0 unspecified atom stereocenters. The van der Waals surface area contributed by atoms with Gasteiger partial charge >= 0.3 is 0 Å². The fourth-order valence-electron chi connectivity index (χ4n) is 4.47. The third-order valence-electron chi connectivity index (χ3n) is 6.64. The lowest BCUT2D eigenvalue weighted by atomic mass is 9.93. The second kappa shape index (κ2) is 15.3. The van der Waals surface area contributed by atoms with Crippen LogP contribution in [0.25, 0.3) is 0 Å². The SMILES string of the molecule is CC(=O)NCCc1ccccc1Cc1ccccc1CCC(=O)N1CCNCC1.Cc1ccc(C#N)cc1. The molecule has 1 fully saturated rings. The molecule has 4 rings (SSSR count). The van der Waals surface area contributed by atoms with Gasteiger partial charge < -0.3 is 15.5 Å². The van der Waals surface area contributed by atoms with Crippen molar-refractivity contribution in [1.29, 1.82) is 5.26 Å². The molecular weight excluding hydrogens is 472 g/mol. The Morgan fingerprint density at radius 3 is 1.97 bits per heavy atom. The number of nitrogens with one attached hydrogen (secondary N) is 2. The largest absolute Gasteiger partial charge is 0.356 e. The van der Waals surface area contributed by atoms with Crippen molar-refractivity contribution in [2.45, 2.75) is 39.5 Å². The van der Waals surface area contributed by atoms with Crippen LogP contribution in [0.3, 0.4) is 0 Å². The molecular formula is C32H38N4O2. The van der Waals surface area contributed by atoms with E-state index in [0.29, 0.717) is 13.0 Å². The molecule has 1 aliphatic rings. The highest BCUT2D eigenvalue weighted by Crippen LogP contribution is 2.19. The Kier molecular flexibility index (Phi) is 11.5. The van der Waals surface area contributed by atoms with Crippen LogP contribution in [-0.4, -0.2) is 49.4 Å². The van der Waals surface area contributed by atoms with Gasteiger partial charge in [-0.25, -0.2) is 0 Å². The van der Waals surface area contributed by atoms with E-state index in [1.165, 1.54) is 27.8 Å². The maximum Gasteiger partial charge on any atom is 0.222 e. The molecule has 198 valence electrons. The summed E-state index contributed by atoms with van der Waals surface area (Å²) in [6.07, 6.45) is 2.99. The summed E-state index contributed by atoms with van der Waals surface area (Å²) in [5.41, 5.74) is 6.96. The van der Waals surface area contributed by atoms with Crippen molar-refractivity contribution in [3.05, 3.63) is 106 Å². The molecule has 0 radical (unpaired) electrons. The first kappa shape index (κ1) is 28.6. The van der Waals surface area contributed by atoms with E-state index in [-0.39, 0.29) is 11.8 Å². The van der Waals surface area contributed by atoms with Crippen LogP contribution < -0.4 is 10.6 Å². The molecule has 1 heterocycles. The number of carbonyl (C=O) groups is 2. The maximum absolute atomic E-state index is 12.5. The minimum atomic E-state index is 0.00183. The lowest BCUT2D eigenvalue weighted by molar-refractivity contribution is -0.131. The van der Waals surface area contributed by atoms with Gasteiger partial charge in [-0.3, -0.25) is 9.59 Å². The number of nitriles is 1. The minimum Gasteiger partial charge on any atom is -0.356 e. The van der Waals surface area contributed by atoms with E-state index >= 15 is 0 Å². The van der Waals surface area contributed by atoms with Crippen LogP contribution in [0.5, 0.6) is 0 Å². The van der Waals surface area contributed by atoms with Gasteiger partial charge in [0, 0.05) is 46.1 Å². The monoisotopic (exact) mass is 510 g/mol. The highest BCUT2D eigenvalue weighted by Gasteiger charge is 2.16. The van der Waals surface area contributed by atoms with Gasteiger partial charge in [0.2, 0.25) is 11.8 Å². The summed E-state index contributed by atoms with van der Waals surface area (Å²) in [5.74, 6) is 0.249. The number of nitrogens with zero attached hydrogens (tertiary/aromatic N) is 2. The topological polar surface area (TPSA) is 85.2 Å². The molecule has 1 saturated heterocycles. The second-order valence-corrected chi connectivity index (χ2v) is 9.56. The van der Waals surface area contributed by atoms with E-state index in [4.69, 9.17) is 5.26 Å². The quantitative estimate of drug-likeness (QED) is 0.476. The average Bonchev–Trinajstić information content (AvgIpc) is 2.94. The van der Waals surface area contributed by atoms with Crippen LogP contribution in [0.15, 0.2) is 72.8 Å². The first-order chi connectivity index (χ1) is 18.5. The summed E-state index contributed by atoms with van der Waals surface area (Å²) in [6.45, 7) is 7.58. The highest BCUT2D eigenvalue weighted by atomic mass is 16.2. The van der Waals surface area contributed by atoms with Gasteiger partial charge in [0.1, 0.15) is 0 Å². The number of hydrogen-bond acceptors (Lipinski definition) is 4. The van der Waals surface area contributed by atoms with Crippen LogP contribution in [0.1, 0.15) is 46.7 Å². The fourth-order valence-corrected chi connectivity index (χ4v) is 4.47. The number of amides is 2. The van der Waals surface area contributed by atoms with Crippen LogP contribution in [0.2, 0.25) is 0 Å². The van der Waals surface area contributed by atoms with Crippen molar-refractivity contribution in [1.82, 2.24) is 15.5 Å². The second-order valence-electron chi connectivity index (χ2n) is 9.56. The first-order valence-electron chi connectivity index (χ1n) is 13.3. The van der Waals surface area contributed by atoms with E-state index in [0.717, 1.165) is 51.0 Å². The van der Waals surface area contributed by atoms with Crippen molar-refractivity contribution in [3.63, 3.8) is 0 Å². The Morgan fingerprint density at radius 1 is 0.868 bits per heavy atom. The molecule has 38 heavy (non-hydrogen) atoms. The molecule has 3 aromatic carbocycles. The number of carbonyl (C=O) groups excluding carboxylic acids is 2. The van der Waals surface area contributed by atoms with Crippen molar-refractivity contribution < 1.29 is 9.59 Å². The summed E-state index contributed by atoms with van der Waals surface area (Å²) in [6, 6.07) is 26.4. The Bertz CT molecular complexity index is 1220. The van der Waals surface area contributed by atoms with Gasteiger partial charge in [0.05, 0.1) is 11.6 Å². The molecule has 6 nitrogen and oxygen atoms in total. The summed E-state index contributed by atoms with van der Waals surface area (Å²) < 4.78 is 0. The summed E-state index contributed by atoms with van der Waals surface area (Å²) in [5, 5.41) is 14.5. The van der Waals surface area contributed by atoms with E-state index in [2.05, 4.69) is 59.2 Å². The van der Waals surface area contributed by atoms with Crippen molar-refractivity contribution >= 4 is 11.8 Å². The zero-order valence-corrected chi connectivity index (χ0v) is 22.5. The lowest BCUT2D eigenvalue weighted by Crippen LogP contribution is -2.46. The molecule has 0 bridgehead atoms. The Morgan fingerprint density at radius 2 is 1.42 bits per heavy atom. The molecule has 0 aromatic heterocycles. The number of rotatable bonds is 8. The molecule has 2 amide bonds. The van der Waals surface area contributed by atoms with Crippen molar-refractivity contribution in [2.75, 3.05) is 32.7 Å². The van der Waals surface area contributed by atoms with E-state index in [9.17, 15) is 9.59 Å². The maximum atomic E-state index is 12.5. The third-order valence-corrected chi connectivity index (χ3v) is 6.64.